The summed E-state index contributed by atoms with van der Waals surface area (Å²) >= 11 is 0. The van der Waals surface area contributed by atoms with Crippen LogP contribution in [0.5, 0.6) is 0 Å². The van der Waals surface area contributed by atoms with Gasteiger partial charge in [0.05, 0.1) is 19.0 Å². The van der Waals surface area contributed by atoms with Crippen LogP contribution in [0.3, 0.4) is 0 Å². The molecule has 0 bridgehead atoms. The SMILES string of the molecule is COC(=O)[C@H](Cc1ccc(N2C(=O)CC(C)=C(C)C2=O)cc1)N[B]C=O. The van der Waals surface area contributed by atoms with Crippen molar-refractivity contribution < 1.29 is 23.9 Å². The fourth-order valence-electron chi connectivity index (χ4n) is 2.69. The minimum atomic E-state index is -0.706. The number of rotatable bonds is 7. The zero-order valence-electron chi connectivity index (χ0n) is 14.9. The number of methoxy groups -OCH3 is 1. The Bertz CT molecular complexity index is 757. The molecule has 0 fully saturated rings. The summed E-state index contributed by atoms with van der Waals surface area (Å²) in [5, 5.41) is 2.68. The number of esters is 1. The van der Waals surface area contributed by atoms with Crippen molar-refractivity contribution in [2.24, 2.45) is 0 Å². The molecule has 1 radical (unpaired) electrons. The summed E-state index contributed by atoms with van der Waals surface area (Å²) in [5.41, 5.74) is 2.63. The molecule has 0 aliphatic carbocycles. The van der Waals surface area contributed by atoms with E-state index in [4.69, 9.17) is 4.74 Å². The van der Waals surface area contributed by atoms with E-state index in [1.165, 1.54) is 12.0 Å². The van der Waals surface area contributed by atoms with Crippen molar-refractivity contribution >= 4 is 37.1 Å². The molecular formula is C18H20BN2O5. The van der Waals surface area contributed by atoms with Gasteiger partial charge in [-0.1, -0.05) is 17.7 Å². The smallest absolute Gasteiger partial charge is 0.322 e. The van der Waals surface area contributed by atoms with Gasteiger partial charge >= 0.3 is 5.97 Å². The summed E-state index contributed by atoms with van der Waals surface area (Å²) < 4.78 is 4.71. The number of anilines is 1. The summed E-state index contributed by atoms with van der Waals surface area (Å²) in [7, 11) is 2.41. The molecule has 8 heteroatoms. The van der Waals surface area contributed by atoms with Gasteiger partial charge < -0.3 is 14.8 Å². The van der Waals surface area contributed by atoms with E-state index in [2.05, 4.69) is 5.23 Å². The molecule has 0 spiro atoms. The van der Waals surface area contributed by atoms with E-state index in [9.17, 15) is 19.2 Å². The summed E-state index contributed by atoms with van der Waals surface area (Å²) in [4.78, 5) is 48.0. The van der Waals surface area contributed by atoms with E-state index in [0.717, 1.165) is 18.6 Å². The van der Waals surface area contributed by atoms with Crippen molar-refractivity contribution in [3.8, 4) is 0 Å². The van der Waals surface area contributed by atoms with Gasteiger partial charge in [-0.25, -0.2) is 4.90 Å². The molecular weight excluding hydrogens is 335 g/mol. The summed E-state index contributed by atoms with van der Waals surface area (Å²) in [6, 6.07) is 6.08. The molecule has 1 aromatic rings. The molecule has 0 unspecified atom stereocenters. The monoisotopic (exact) mass is 355 g/mol. The molecule has 1 aliphatic rings. The third kappa shape index (κ3) is 4.26. The number of ether oxygens (including phenoxy) is 1. The van der Waals surface area contributed by atoms with Crippen LogP contribution in [0.15, 0.2) is 35.4 Å². The third-order valence-electron chi connectivity index (χ3n) is 4.32. The number of carbonyl (C=O) groups is 4. The highest BCUT2D eigenvalue weighted by Gasteiger charge is 2.30. The Hall–Kier alpha value is -2.74. The largest absolute Gasteiger partial charge is 0.468 e. The second-order valence-corrected chi connectivity index (χ2v) is 6.03. The molecule has 2 amide bonds. The third-order valence-corrected chi connectivity index (χ3v) is 4.32. The van der Waals surface area contributed by atoms with E-state index in [1.807, 2.05) is 0 Å². The van der Waals surface area contributed by atoms with Gasteiger partial charge in [0.1, 0.15) is 6.04 Å². The minimum absolute atomic E-state index is 0.217. The Morgan fingerprint density at radius 3 is 2.54 bits per heavy atom. The lowest BCUT2D eigenvalue weighted by Gasteiger charge is -2.26. The van der Waals surface area contributed by atoms with Gasteiger partial charge in [0, 0.05) is 12.0 Å². The summed E-state index contributed by atoms with van der Waals surface area (Å²) in [6.07, 6.45) is 1.05. The van der Waals surface area contributed by atoms with Gasteiger partial charge in [-0.05, 0) is 38.0 Å². The Kier molecular flexibility index (Phi) is 6.46. The number of nitrogens with zero attached hydrogens (tertiary/aromatic N) is 1. The van der Waals surface area contributed by atoms with Crippen LogP contribution >= 0.6 is 0 Å². The van der Waals surface area contributed by atoms with E-state index in [1.54, 1.807) is 38.1 Å². The first-order valence-corrected chi connectivity index (χ1v) is 8.12. The molecule has 1 N–H and O–H groups in total. The van der Waals surface area contributed by atoms with Crippen molar-refractivity contribution in [1.29, 1.82) is 0 Å². The van der Waals surface area contributed by atoms with E-state index < -0.39 is 12.0 Å². The average molecular weight is 355 g/mol. The van der Waals surface area contributed by atoms with Crippen LogP contribution in [0, 0.1) is 0 Å². The Morgan fingerprint density at radius 1 is 1.31 bits per heavy atom. The topological polar surface area (TPSA) is 92.8 Å². The summed E-state index contributed by atoms with van der Waals surface area (Å²) in [5.74, 6) is -1.08. The van der Waals surface area contributed by atoms with Gasteiger partial charge in [0.25, 0.3) is 13.3 Å². The zero-order valence-corrected chi connectivity index (χ0v) is 14.9. The number of nitrogens with one attached hydrogen (secondary N) is 1. The van der Waals surface area contributed by atoms with Gasteiger partial charge in [0.2, 0.25) is 5.91 Å². The number of hydrogen-bond donors (Lipinski definition) is 1. The second kappa shape index (κ2) is 8.58. The van der Waals surface area contributed by atoms with Crippen molar-refractivity contribution in [2.45, 2.75) is 32.7 Å². The minimum Gasteiger partial charge on any atom is -0.468 e. The van der Waals surface area contributed by atoms with Crippen LogP contribution in [-0.4, -0.2) is 44.5 Å². The molecule has 135 valence electrons. The molecule has 7 nitrogen and oxygen atoms in total. The number of carbonyl (C=O) groups excluding carboxylic acids is 4. The normalized spacial score (nSPS) is 15.7. The molecule has 1 aliphatic heterocycles. The van der Waals surface area contributed by atoms with Gasteiger partial charge in [-0.15, -0.1) is 0 Å². The van der Waals surface area contributed by atoms with Crippen molar-refractivity contribution in [3.05, 3.63) is 41.0 Å². The average Bonchev–Trinajstić information content (AvgIpc) is 2.63. The fraction of sp³-hybridized carbons (Fsp3) is 0.333. The summed E-state index contributed by atoms with van der Waals surface area (Å²) in [6.45, 7) is 3.49. The standard InChI is InChI=1S/C18H20BN2O5/c1-11-8-16(23)21(17(24)12(11)2)14-6-4-13(5-7-14)9-15(18(25)26-3)20-19-10-22/h4-7,10,15,20H,8-9H2,1-3H3/t15-/m0/s1. The van der Waals surface area contributed by atoms with E-state index in [0.29, 0.717) is 17.4 Å². The van der Waals surface area contributed by atoms with Crippen molar-refractivity contribution in [1.82, 2.24) is 5.23 Å². The first-order valence-electron chi connectivity index (χ1n) is 8.12. The maximum absolute atomic E-state index is 12.4. The van der Waals surface area contributed by atoms with Crippen LogP contribution in [0.4, 0.5) is 5.69 Å². The lowest BCUT2D eigenvalue weighted by atomic mass is 9.94. The Labute approximate surface area is 152 Å². The molecule has 0 saturated heterocycles. The van der Waals surface area contributed by atoms with Gasteiger partial charge in [0.15, 0.2) is 0 Å². The van der Waals surface area contributed by atoms with Gasteiger partial charge in [-0.3, -0.25) is 14.4 Å². The lowest BCUT2D eigenvalue weighted by Crippen LogP contribution is -2.42. The van der Waals surface area contributed by atoms with Gasteiger partial charge in [-0.2, -0.15) is 0 Å². The second-order valence-electron chi connectivity index (χ2n) is 6.03. The van der Waals surface area contributed by atoms with Crippen LogP contribution in [0.2, 0.25) is 0 Å². The van der Waals surface area contributed by atoms with Crippen molar-refractivity contribution in [2.75, 3.05) is 12.0 Å². The maximum Gasteiger partial charge on any atom is 0.322 e. The quantitative estimate of drug-likeness (QED) is 0.336. The number of amides is 2. The van der Waals surface area contributed by atoms with Crippen molar-refractivity contribution in [3.63, 3.8) is 0 Å². The van der Waals surface area contributed by atoms with Crippen LogP contribution in [0.1, 0.15) is 25.8 Å². The molecule has 26 heavy (non-hydrogen) atoms. The maximum atomic E-state index is 12.4. The highest BCUT2D eigenvalue weighted by molar-refractivity contribution is 6.64. The first-order chi connectivity index (χ1) is 12.4. The van der Waals surface area contributed by atoms with E-state index >= 15 is 0 Å². The first kappa shape index (κ1) is 19.6. The van der Waals surface area contributed by atoms with Crippen LogP contribution in [0.25, 0.3) is 0 Å². The van der Waals surface area contributed by atoms with E-state index in [-0.39, 0.29) is 24.7 Å². The van der Waals surface area contributed by atoms with Crippen LogP contribution in [-0.2, 0) is 30.3 Å². The zero-order chi connectivity index (χ0) is 19.3. The molecule has 0 saturated carbocycles. The lowest BCUT2D eigenvalue weighted by molar-refractivity contribution is -0.142. The predicted octanol–water partition coefficient (Wildman–Crippen LogP) is 0.769. The molecule has 1 heterocycles. The number of hydrogen-bond acceptors (Lipinski definition) is 6. The molecule has 2 rings (SSSR count). The van der Waals surface area contributed by atoms with Crippen LogP contribution < -0.4 is 10.1 Å². The predicted molar refractivity (Wildman–Crippen MR) is 97.1 cm³/mol. The number of imide groups is 1. The Balaban J connectivity index is 2.17. The molecule has 1 atom stereocenters. The Morgan fingerprint density at radius 2 is 1.96 bits per heavy atom. The highest BCUT2D eigenvalue weighted by Crippen LogP contribution is 2.26. The molecule has 1 aromatic carbocycles. The highest BCUT2D eigenvalue weighted by atomic mass is 16.5. The number of benzene rings is 1. The molecule has 0 aromatic heterocycles. The fourth-order valence-corrected chi connectivity index (χ4v) is 2.69.